The molecule has 4 saturated carbocycles. The van der Waals surface area contributed by atoms with Crippen molar-refractivity contribution < 1.29 is 0 Å². The number of halogens is 2. The topological polar surface area (TPSA) is 36.4 Å². The summed E-state index contributed by atoms with van der Waals surface area (Å²) in [6, 6.07) is 5.40. The van der Waals surface area contributed by atoms with Crippen LogP contribution in [0.3, 0.4) is 0 Å². The van der Waals surface area contributed by atoms with Crippen molar-refractivity contribution in [2.45, 2.75) is 44.1 Å². The van der Waals surface area contributed by atoms with Crippen LogP contribution in [0.4, 0.5) is 0 Å². The van der Waals surface area contributed by atoms with Gasteiger partial charge < -0.3 is 5.32 Å². The molecule has 1 aromatic carbocycles. The number of nitrogens with one attached hydrogen (secondary N) is 2. The van der Waals surface area contributed by atoms with Crippen LogP contribution >= 0.6 is 35.4 Å². The number of nitrogens with zero attached hydrogens (tertiary/aromatic N) is 1. The van der Waals surface area contributed by atoms with Gasteiger partial charge in [0, 0.05) is 11.1 Å². The van der Waals surface area contributed by atoms with Crippen molar-refractivity contribution in [1.29, 1.82) is 0 Å². The molecule has 1 aromatic rings. The van der Waals surface area contributed by atoms with Crippen molar-refractivity contribution in [2.75, 3.05) is 0 Å². The predicted octanol–water partition coefficient (Wildman–Crippen LogP) is 4.76. The molecule has 0 radical (unpaired) electrons. The zero-order chi connectivity index (χ0) is 16.7. The van der Waals surface area contributed by atoms with Crippen molar-refractivity contribution in [1.82, 2.24) is 10.7 Å². The summed E-state index contributed by atoms with van der Waals surface area (Å²) in [5, 5.41) is 9.54. The fraction of sp³-hybridized carbons (Fsp3) is 0.556. The first-order chi connectivity index (χ1) is 11.5. The Hall–Kier alpha value is -0.840. The molecule has 0 atom stereocenters. The quantitative estimate of drug-likeness (QED) is 0.450. The predicted molar refractivity (Wildman–Crippen MR) is 104 cm³/mol. The number of hydrogen-bond donors (Lipinski definition) is 2. The third kappa shape index (κ3) is 3.29. The number of hydrogen-bond acceptors (Lipinski definition) is 2. The highest BCUT2D eigenvalue weighted by Gasteiger charge is 2.51. The SMILES string of the molecule is S=C(N/N=C/c1c(Cl)cccc1Cl)NC12CC3CC(CC(C3)C1)C2. The number of rotatable bonds is 3. The lowest BCUT2D eigenvalue weighted by Crippen LogP contribution is -2.61. The monoisotopic (exact) mass is 381 g/mol. The second-order valence-corrected chi connectivity index (χ2v) is 8.88. The van der Waals surface area contributed by atoms with Gasteiger partial charge in [0.15, 0.2) is 5.11 Å². The zero-order valence-electron chi connectivity index (χ0n) is 13.4. The Balaban J connectivity index is 1.38. The standard InChI is InChI=1S/C18H21Cl2N3S/c19-15-2-1-3-16(20)14(15)10-21-23-17(24)22-18-7-11-4-12(8-18)6-13(5-11)9-18/h1-3,10-13H,4-9H2,(H2,22,23,24)/b21-10+. The maximum atomic E-state index is 6.14. The van der Waals surface area contributed by atoms with Gasteiger partial charge in [-0.15, -0.1) is 0 Å². The Bertz CT molecular complexity index is 633. The fourth-order valence-electron chi connectivity index (χ4n) is 5.32. The maximum Gasteiger partial charge on any atom is 0.187 e. The van der Waals surface area contributed by atoms with E-state index in [4.69, 9.17) is 35.4 Å². The van der Waals surface area contributed by atoms with E-state index in [0.717, 1.165) is 17.8 Å². The number of benzene rings is 1. The molecular weight excluding hydrogens is 361 g/mol. The lowest BCUT2D eigenvalue weighted by molar-refractivity contribution is -0.0101. The molecule has 0 spiro atoms. The molecule has 0 aromatic heterocycles. The number of thiocarbonyl (C=S) groups is 1. The first-order valence-corrected chi connectivity index (χ1v) is 9.75. The largest absolute Gasteiger partial charge is 0.356 e. The molecule has 3 nitrogen and oxygen atoms in total. The van der Waals surface area contributed by atoms with Gasteiger partial charge in [-0.2, -0.15) is 5.10 Å². The lowest BCUT2D eigenvalue weighted by atomic mass is 9.53. The highest BCUT2D eigenvalue weighted by atomic mass is 35.5. The average Bonchev–Trinajstić information content (AvgIpc) is 2.48. The molecule has 24 heavy (non-hydrogen) atoms. The molecule has 0 heterocycles. The van der Waals surface area contributed by atoms with Crippen LogP contribution in [0.5, 0.6) is 0 Å². The van der Waals surface area contributed by atoms with E-state index in [-0.39, 0.29) is 5.54 Å². The van der Waals surface area contributed by atoms with E-state index in [1.54, 1.807) is 18.3 Å². The van der Waals surface area contributed by atoms with Crippen LogP contribution < -0.4 is 10.7 Å². The Labute approximate surface area is 158 Å². The Morgan fingerprint density at radius 1 is 1.08 bits per heavy atom. The van der Waals surface area contributed by atoms with E-state index < -0.39 is 0 Å². The molecule has 4 fully saturated rings. The van der Waals surface area contributed by atoms with Crippen LogP contribution in [0.25, 0.3) is 0 Å². The summed E-state index contributed by atoms with van der Waals surface area (Å²) in [5.41, 5.74) is 3.82. The van der Waals surface area contributed by atoms with E-state index in [1.807, 2.05) is 6.07 Å². The van der Waals surface area contributed by atoms with Crippen molar-refractivity contribution in [3.63, 3.8) is 0 Å². The second-order valence-electron chi connectivity index (χ2n) is 7.66. The van der Waals surface area contributed by atoms with E-state index >= 15 is 0 Å². The Kier molecular flexibility index (Phi) is 4.48. The normalized spacial score (nSPS) is 33.8. The highest BCUT2D eigenvalue weighted by molar-refractivity contribution is 7.80. The molecule has 4 bridgehead atoms. The lowest BCUT2D eigenvalue weighted by Gasteiger charge is -2.57. The van der Waals surface area contributed by atoms with Crippen molar-refractivity contribution in [2.24, 2.45) is 22.9 Å². The number of hydrazone groups is 1. The summed E-state index contributed by atoms with van der Waals surface area (Å²) in [5.74, 6) is 2.66. The van der Waals surface area contributed by atoms with Gasteiger partial charge in [0.2, 0.25) is 0 Å². The minimum Gasteiger partial charge on any atom is -0.356 e. The summed E-state index contributed by atoms with van der Waals surface area (Å²) in [6.07, 6.45) is 9.64. The van der Waals surface area contributed by atoms with Crippen molar-refractivity contribution in [3.05, 3.63) is 33.8 Å². The van der Waals surface area contributed by atoms with Crippen LogP contribution in [0.2, 0.25) is 10.0 Å². The van der Waals surface area contributed by atoms with E-state index in [0.29, 0.717) is 20.7 Å². The molecule has 128 valence electrons. The van der Waals surface area contributed by atoms with Crippen LogP contribution in [-0.4, -0.2) is 16.9 Å². The van der Waals surface area contributed by atoms with Crippen molar-refractivity contribution >= 4 is 46.7 Å². The molecule has 2 N–H and O–H groups in total. The molecule has 5 rings (SSSR count). The van der Waals surface area contributed by atoms with Gasteiger partial charge >= 0.3 is 0 Å². The molecule has 0 amide bonds. The molecule has 0 aliphatic heterocycles. The van der Waals surface area contributed by atoms with E-state index in [9.17, 15) is 0 Å². The van der Waals surface area contributed by atoms with Gasteiger partial charge in [-0.05, 0) is 80.6 Å². The second kappa shape index (κ2) is 6.47. The smallest absolute Gasteiger partial charge is 0.187 e. The average molecular weight is 382 g/mol. The summed E-state index contributed by atoms with van der Waals surface area (Å²) >= 11 is 17.7. The summed E-state index contributed by atoms with van der Waals surface area (Å²) in [6.45, 7) is 0. The fourth-order valence-corrected chi connectivity index (χ4v) is 6.09. The van der Waals surface area contributed by atoms with Crippen LogP contribution in [0.15, 0.2) is 23.3 Å². The van der Waals surface area contributed by atoms with Gasteiger partial charge in [0.05, 0.1) is 16.3 Å². The first-order valence-electron chi connectivity index (χ1n) is 8.58. The summed E-state index contributed by atoms with van der Waals surface area (Å²) in [7, 11) is 0. The van der Waals surface area contributed by atoms with E-state index in [1.165, 1.54) is 38.5 Å². The van der Waals surface area contributed by atoms with Gasteiger partial charge in [-0.1, -0.05) is 29.3 Å². The Morgan fingerprint density at radius 3 is 2.17 bits per heavy atom. The molecular formula is C18H21Cl2N3S. The molecule has 4 aliphatic carbocycles. The van der Waals surface area contributed by atoms with Gasteiger partial charge in [0.25, 0.3) is 0 Å². The zero-order valence-corrected chi connectivity index (χ0v) is 15.7. The molecule has 0 saturated heterocycles. The molecule has 0 unspecified atom stereocenters. The Morgan fingerprint density at radius 2 is 1.62 bits per heavy atom. The van der Waals surface area contributed by atoms with Gasteiger partial charge in [0.1, 0.15) is 0 Å². The van der Waals surface area contributed by atoms with E-state index in [2.05, 4.69) is 15.8 Å². The molecule has 6 heteroatoms. The van der Waals surface area contributed by atoms with Gasteiger partial charge in [-0.3, -0.25) is 5.43 Å². The third-order valence-corrected chi connectivity index (χ3v) is 6.63. The van der Waals surface area contributed by atoms with Crippen LogP contribution in [0, 0.1) is 17.8 Å². The first kappa shape index (κ1) is 16.6. The summed E-state index contributed by atoms with van der Waals surface area (Å²) < 4.78 is 0. The third-order valence-electron chi connectivity index (χ3n) is 5.78. The maximum absolute atomic E-state index is 6.14. The van der Waals surface area contributed by atoms with Crippen LogP contribution in [-0.2, 0) is 0 Å². The minimum atomic E-state index is 0.191. The summed E-state index contributed by atoms with van der Waals surface area (Å²) in [4.78, 5) is 0. The highest BCUT2D eigenvalue weighted by Crippen LogP contribution is 2.55. The molecule has 4 aliphatic rings. The van der Waals surface area contributed by atoms with Crippen LogP contribution in [0.1, 0.15) is 44.1 Å². The van der Waals surface area contributed by atoms with Crippen molar-refractivity contribution in [3.8, 4) is 0 Å². The van der Waals surface area contributed by atoms with Gasteiger partial charge in [-0.25, -0.2) is 0 Å². The minimum absolute atomic E-state index is 0.191.